The number of amides is 1. The summed E-state index contributed by atoms with van der Waals surface area (Å²) in [4.78, 5) is 29.9. The van der Waals surface area contributed by atoms with E-state index in [2.05, 4.69) is 15.1 Å². The first kappa shape index (κ1) is 17.4. The molecule has 3 aromatic rings. The number of hydrogen-bond donors (Lipinski definition) is 3. The van der Waals surface area contributed by atoms with E-state index in [0.29, 0.717) is 5.69 Å². The van der Waals surface area contributed by atoms with Gasteiger partial charge in [-0.15, -0.1) is 5.10 Å². The quantitative estimate of drug-likeness (QED) is 0.666. The van der Waals surface area contributed by atoms with E-state index in [1.54, 1.807) is 11.2 Å². The number of carbonyl (C=O) groups is 1. The number of aromatic nitrogens is 4. The fourth-order valence-corrected chi connectivity index (χ4v) is 2.25. The minimum atomic E-state index is -4.72. The molecule has 10 heteroatoms. The van der Waals surface area contributed by atoms with Gasteiger partial charge in [-0.05, 0) is 30.7 Å². The van der Waals surface area contributed by atoms with Crippen LogP contribution in [0.3, 0.4) is 0 Å². The Hall–Kier alpha value is -3.43. The average Bonchev–Trinajstić information content (AvgIpc) is 3.03. The molecule has 0 aliphatic rings. The second-order valence-electron chi connectivity index (χ2n) is 5.44. The van der Waals surface area contributed by atoms with Gasteiger partial charge in [0.25, 0.3) is 11.5 Å². The van der Waals surface area contributed by atoms with E-state index >= 15 is 0 Å². The lowest BCUT2D eigenvalue weighted by molar-refractivity contribution is -0.144. The van der Waals surface area contributed by atoms with E-state index in [0.717, 1.165) is 11.1 Å². The highest BCUT2D eigenvalue weighted by atomic mass is 19.4. The second-order valence-corrected chi connectivity index (χ2v) is 5.44. The Morgan fingerprint density at radius 2 is 1.96 bits per heavy atom. The van der Waals surface area contributed by atoms with Crippen molar-refractivity contribution >= 4 is 11.9 Å². The number of nitrogens with one attached hydrogen (secondary N) is 3. The van der Waals surface area contributed by atoms with Crippen LogP contribution in [0, 0.1) is 6.92 Å². The molecule has 0 atom stereocenters. The molecule has 26 heavy (non-hydrogen) atoms. The van der Waals surface area contributed by atoms with Crippen LogP contribution in [0.4, 0.5) is 19.1 Å². The third-order valence-corrected chi connectivity index (χ3v) is 3.46. The van der Waals surface area contributed by atoms with Crippen LogP contribution in [0.5, 0.6) is 0 Å². The standard InChI is InChI=1S/C16H12F3N5O2/c1-8-3-2-4-9(7-8)11-6-5-10(12(25)20-11)13(26)21-15-22-14(23-24-15)16(17,18)19/h2-7H,1H3,(H,20,25)(H2,21,22,23,24,26). The molecule has 3 N–H and O–H groups in total. The van der Waals surface area contributed by atoms with Gasteiger partial charge in [-0.2, -0.15) is 18.2 Å². The summed E-state index contributed by atoms with van der Waals surface area (Å²) in [5.74, 6) is -2.85. The lowest BCUT2D eigenvalue weighted by atomic mass is 10.1. The maximum Gasteiger partial charge on any atom is 0.451 e. The van der Waals surface area contributed by atoms with Crippen LogP contribution in [0.1, 0.15) is 21.7 Å². The largest absolute Gasteiger partial charge is 0.451 e. The number of aryl methyl sites for hydroxylation is 1. The third-order valence-electron chi connectivity index (χ3n) is 3.46. The minimum Gasteiger partial charge on any atom is -0.321 e. The van der Waals surface area contributed by atoms with Crippen molar-refractivity contribution in [3.63, 3.8) is 0 Å². The molecule has 0 aliphatic carbocycles. The molecule has 0 bridgehead atoms. The van der Waals surface area contributed by atoms with Gasteiger partial charge in [-0.3, -0.25) is 20.0 Å². The molecular weight excluding hydrogens is 351 g/mol. The first-order valence-corrected chi connectivity index (χ1v) is 7.35. The van der Waals surface area contributed by atoms with E-state index in [4.69, 9.17) is 0 Å². The molecule has 0 saturated heterocycles. The fraction of sp³-hybridized carbons (Fsp3) is 0.125. The van der Waals surface area contributed by atoms with Crippen LogP contribution < -0.4 is 10.9 Å². The predicted octanol–water partition coefficient (Wildman–Crippen LogP) is 2.74. The topological polar surface area (TPSA) is 104 Å². The molecule has 1 aromatic carbocycles. The van der Waals surface area contributed by atoms with Gasteiger partial charge in [-0.25, -0.2) is 0 Å². The van der Waals surface area contributed by atoms with Gasteiger partial charge >= 0.3 is 6.18 Å². The van der Waals surface area contributed by atoms with Crippen LogP contribution in [-0.2, 0) is 6.18 Å². The summed E-state index contributed by atoms with van der Waals surface area (Å²) in [7, 11) is 0. The maximum atomic E-state index is 12.5. The Morgan fingerprint density at radius 1 is 1.19 bits per heavy atom. The molecule has 3 rings (SSSR count). The van der Waals surface area contributed by atoms with Crippen molar-refractivity contribution < 1.29 is 18.0 Å². The molecular formula is C16H12F3N5O2. The van der Waals surface area contributed by atoms with Gasteiger partial charge in [0.15, 0.2) is 0 Å². The van der Waals surface area contributed by atoms with Crippen LogP contribution in [0.15, 0.2) is 41.2 Å². The normalized spacial score (nSPS) is 11.4. The van der Waals surface area contributed by atoms with E-state index in [-0.39, 0.29) is 5.56 Å². The van der Waals surface area contributed by atoms with Crippen LogP contribution >= 0.6 is 0 Å². The second kappa shape index (κ2) is 6.47. The van der Waals surface area contributed by atoms with Crippen molar-refractivity contribution in [3.8, 4) is 11.3 Å². The van der Waals surface area contributed by atoms with Crippen molar-refractivity contribution in [2.75, 3.05) is 5.32 Å². The molecule has 1 amide bonds. The highest BCUT2D eigenvalue weighted by Crippen LogP contribution is 2.26. The third kappa shape index (κ3) is 3.63. The lowest BCUT2D eigenvalue weighted by Crippen LogP contribution is -2.23. The molecule has 134 valence electrons. The Morgan fingerprint density at radius 3 is 2.58 bits per heavy atom. The minimum absolute atomic E-state index is 0.278. The van der Waals surface area contributed by atoms with Gasteiger partial charge in [-0.1, -0.05) is 23.8 Å². The molecule has 0 unspecified atom stereocenters. The number of aromatic amines is 2. The van der Waals surface area contributed by atoms with Crippen LogP contribution in [0.25, 0.3) is 11.3 Å². The number of pyridine rings is 1. The van der Waals surface area contributed by atoms with Crippen LogP contribution in [-0.4, -0.2) is 26.1 Å². The Bertz CT molecular complexity index is 1020. The number of hydrogen-bond acceptors (Lipinski definition) is 4. The molecule has 2 aromatic heterocycles. The lowest BCUT2D eigenvalue weighted by Gasteiger charge is -2.05. The zero-order valence-corrected chi connectivity index (χ0v) is 13.3. The van der Waals surface area contributed by atoms with Gasteiger partial charge in [0.1, 0.15) is 5.56 Å². The first-order chi connectivity index (χ1) is 12.2. The highest BCUT2D eigenvalue weighted by molar-refractivity contribution is 6.03. The number of H-pyrrole nitrogens is 2. The fourth-order valence-electron chi connectivity index (χ4n) is 2.25. The molecule has 0 aliphatic heterocycles. The van der Waals surface area contributed by atoms with E-state index in [1.807, 2.05) is 30.4 Å². The molecule has 0 saturated carbocycles. The van der Waals surface area contributed by atoms with Crippen molar-refractivity contribution in [2.24, 2.45) is 0 Å². The van der Waals surface area contributed by atoms with Crippen molar-refractivity contribution in [3.05, 3.63) is 63.7 Å². The molecule has 7 nitrogen and oxygen atoms in total. The number of halogens is 3. The average molecular weight is 363 g/mol. The van der Waals surface area contributed by atoms with E-state index in [9.17, 15) is 22.8 Å². The number of benzene rings is 1. The summed E-state index contributed by atoms with van der Waals surface area (Å²) in [6, 6.07) is 10.2. The van der Waals surface area contributed by atoms with Gasteiger partial charge < -0.3 is 4.98 Å². The Balaban J connectivity index is 1.82. The van der Waals surface area contributed by atoms with Crippen molar-refractivity contribution in [1.29, 1.82) is 0 Å². The van der Waals surface area contributed by atoms with Crippen molar-refractivity contribution in [2.45, 2.75) is 13.1 Å². The van der Waals surface area contributed by atoms with Gasteiger partial charge in [0.05, 0.1) is 0 Å². The number of anilines is 1. The Kier molecular flexibility index (Phi) is 4.33. The monoisotopic (exact) mass is 363 g/mol. The zero-order chi connectivity index (χ0) is 18.9. The number of alkyl halides is 3. The van der Waals surface area contributed by atoms with E-state index in [1.165, 1.54) is 12.1 Å². The van der Waals surface area contributed by atoms with Gasteiger partial charge in [0, 0.05) is 5.69 Å². The number of nitrogens with zero attached hydrogens (tertiary/aromatic N) is 2. The summed E-state index contributed by atoms with van der Waals surface area (Å²) in [6.45, 7) is 1.90. The number of carbonyl (C=O) groups excluding carboxylic acids is 1. The Labute approximate surface area is 144 Å². The SMILES string of the molecule is Cc1cccc(-c2ccc(C(=O)Nc3n[nH]c(C(F)(F)F)n3)c(=O)[nH]2)c1. The van der Waals surface area contributed by atoms with Gasteiger partial charge in [0.2, 0.25) is 11.8 Å². The van der Waals surface area contributed by atoms with E-state index < -0.39 is 29.4 Å². The summed E-state index contributed by atoms with van der Waals surface area (Å²) >= 11 is 0. The molecule has 0 spiro atoms. The highest BCUT2D eigenvalue weighted by Gasteiger charge is 2.35. The summed E-state index contributed by atoms with van der Waals surface area (Å²) in [6.07, 6.45) is -4.72. The summed E-state index contributed by atoms with van der Waals surface area (Å²) in [5.41, 5.74) is 1.30. The molecule has 0 fully saturated rings. The number of rotatable bonds is 3. The smallest absolute Gasteiger partial charge is 0.321 e. The molecule has 2 heterocycles. The summed E-state index contributed by atoms with van der Waals surface area (Å²) < 4.78 is 37.4. The first-order valence-electron chi connectivity index (χ1n) is 7.35. The predicted molar refractivity (Wildman–Crippen MR) is 86.6 cm³/mol. The maximum absolute atomic E-state index is 12.5. The summed E-state index contributed by atoms with van der Waals surface area (Å²) in [5, 5.41) is 6.97. The van der Waals surface area contributed by atoms with Crippen molar-refractivity contribution in [1.82, 2.24) is 20.2 Å². The molecule has 0 radical (unpaired) electrons. The van der Waals surface area contributed by atoms with Crippen LogP contribution in [0.2, 0.25) is 0 Å². The zero-order valence-electron chi connectivity index (χ0n) is 13.3.